The number of ether oxygens (including phenoxy) is 1. The Balaban J connectivity index is 2.27. The molecule has 0 heterocycles. The summed E-state index contributed by atoms with van der Waals surface area (Å²) < 4.78 is 46.6. The molecule has 0 saturated carbocycles. The van der Waals surface area contributed by atoms with Crippen LogP contribution < -0.4 is 16.0 Å². The maximum Gasteiger partial charge on any atom is 0.416 e. The molecule has 1 amide bonds. The van der Waals surface area contributed by atoms with Crippen LogP contribution in [-0.2, 0) is 9.53 Å². The number of hydrogen-bond acceptors (Lipinski definition) is 4. The lowest BCUT2D eigenvalue weighted by atomic mass is 9.97. The number of carbonyl (C=O) groups excluding carboxylic acids is 1. The predicted octanol–water partition coefficient (Wildman–Crippen LogP) is 8.95. The third kappa shape index (κ3) is 11.7. The van der Waals surface area contributed by atoms with E-state index in [4.69, 9.17) is 4.74 Å². The SMILES string of the molecule is C=C(c1ccccc1)c1ccccc1NC(=O)C(CCC)NC(OC(C/C(Br)=C\C(=C/C)C(F)(F)F)NC)C(C)CCC. The molecule has 3 N–H and O–H groups in total. The molecule has 2 aromatic carbocycles. The Labute approximate surface area is 263 Å². The summed E-state index contributed by atoms with van der Waals surface area (Å²) in [5.41, 5.74) is 2.52. The molecule has 43 heavy (non-hydrogen) atoms. The molecule has 2 aromatic rings. The van der Waals surface area contributed by atoms with Gasteiger partial charge in [0.2, 0.25) is 5.91 Å². The molecule has 236 valence electrons. The van der Waals surface area contributed by atoms with Gasteiger partial charge >= 0.3 is 6.18 Å². The minimum absolute atomic E-state index is 0.0298. The van der Waals surface area contributed by atoms with Crippen LogP contribution in [0.3, 0.4) is 0 Å². The molecule has 0 spiro atoms. The smallest absolute Gasteiger partial charge is 0.345 e. The normalized spacial score (nSPS) is 15.5. The van der Waals surface area contributed by atoms with E-state index in [1.165, 1.54) is 6.92 Å². The first kappa shape index (κ1) is 36.5. The van der Waals surface area contributed by atoms with Gasteiger partial charge in [0.15, 0.2) is 0 Å². The highest BCUT2D eigenvalue weighted by molar-refractivity contribution is 9.11. The summed E-state index contributed by atoms with van der Waals surface area (Å²) in [6.45, 7) is 11.8. The van der Waals surface area contributed by atoms with Crippen LogP contribution >= 0.6 is 15.9 Å². The van der Waals surface area contributed by atoms with Crippen LogP contribution in [0.25, 0.3) is 5.57 Å². The second-order valence-electron chi connectivity index (χ2n) is 10.5. The quantitative estimate of drug-likeness (QED) is 0.117. The maximum atomic E-state index is 13.7. The Hall–Kier alpha value is -2.72. The fourth-order valence-corrected chi connectivity index (χ4v) is 5.26. The Morgan fingerprint density at radius 3 is 2.26 bits per heavy atom. The minimum Gasteiger partial charge on any atom is -0.345 e. The molecule has 4 unspecified atom stereocenters. The molecule has 0 fully saturated rings. The summed E-state index contributed by atoms with van der Waals surface area (Å²) in [4.78, 5) is 13.7. The molecular weight excluding hydrogens is 619 g/mol. The molecule has 0 radical (unpaired) electrons. The monoisotopic (exact) mass is 663 g/mol. The second kappa shape index (κ2) is 18.2. The predicted molar refractivity (Wildman–Crippen MR) is 175 cm³/mol. The molecule has 5 nitrogen and oxygen atoms in total. The molecule has 4 atom stereocenters. The van der Waals surface area contributed by atoms with Crippen molar-refractivity contribution in [2.75, 3.05) is 12.4 Å². The summed E-state index contributed by atoms with van der Waals surface area (Å²) in [6.07, 6.45) is -0.245. The first-order valence-electron chi connectivity index (χ1n) is 14.8. The van der Waals surface area contributed by atoms with Gasteiger partial charge in [0.1, 0.15) is 12.5 Å². The summed E-state index contributed by atoms with van der Waals surface area (Å²) in [6, 6.07) is 16.8. The van der Waals surface area contributed by atoms with Gasteiger partial charge in [0.25, 0.3) is 0 Å². The van der Waals surface area contributed by atoms with Gasteiger partial charge in [0, 0.05) is 17.7 Å². The first-order chi connectivity index (χ1) is 20.4. The minimum atomic E-state index is -4.45. The van der Waals surface area contributed by atoms with Crippen LogP contribution in [0.1, 0.15) is 70.9 Å². The lowest BCUT2D eigenvalue weighted by Crippen LogP contribution is -2.51. The van der Waals surface area contributed by atoms with E-state index in [9.17, 15) is 18.0 Å². The first-order valence-corrected chi connectivity index (χ1v) is 15.6. The van der Waals surface area contributed by atoms with E-state index in [1.54, 1.807) is 7.05 Å². The highest BCUT2D eigenvalue weighted by Gasteiger charge is 2.32. The van der Waals surface area contributed by atoms with Crippen molar-refractivity contribution in [3.63, 3.8) is 0 Å². The highest BCUT2D eigenvalue weighted by Crippen LogP contribution is 2.30. The molecule has 2 rings (SSSR count). The molecule has 0 aliphatic carbocycles. The van der Waals surface area contributed by atoms with Crippen molar-refractivity contribution in [2.45, 2.75) is 84.5 Å². The summed E-state index contributed by atoms with van der Waals surface area (Å²) in [5, 5.41) is 9.59. The molecule has 9 heteroatoms. The van der Waals surface area contributed by atoms with E-state index in [-0.39, 0.29) is 18.2 Å². The van der Waals surface area contributed by atoms with Crippen LogP contribution in [-0.4, -0.2) is 37.6 Å². The second-order valence-corrected chi connectivity index (χ2v) is 11.5. The van der Waals surface area contributed by atoms with Gasteiger partial charge < -0.3 is 10.1 Å². The number of allylic oxidation sites excluding steroid dienone is 3. The van der Waals surface area contributed by atoms with E-state index in [0.717, 1.165) is 48.1 Å². The van der Waals surface area contributed by atoms with Gasteiger partial charge in [-0.25, -0.2) is 0 Å². The third-order valence-corrected chi connectivity index (χ3v) is 7.67. The Morgan fingerprint density at radius 1 is 1.05 bits per heavy atom. The molecule has 0 aliphatic heterocycles. The van der Waals surface area contributed by atoms with Crippen LogP contribution in [0.15, 0.2) is 83.4 Å². The maximum absolute atomic E-state index is 13.7. The number of benzene rings is 2. The van der Waals surface area contributed by atoms with Crippen LogP contribution in [0.5, 0.6) is 0 Å². The average molecular weight is 665 g/mol. The number of para-hydroxylation sites is 1. The Bertz CT molecular complexity index is 1230. The topological polar surface area (TPSA) is 62.4 Å². The van der Waals surface area contributed by atoms with E-state index in [1.807, 2.05) is 68.4 Å². The van der Waals surface area contributed by atoms with Gasteiger partial charge in [0.05, 0.1) is 11.6 Å². The molecule has 0 bridgehead atoms. The fourth-order valence-electron chi connectivity index (χ4n) is 4.72. The Morgan fingerprint density at radius 2 is 1.67 bits per heavy atom. The molecule has 0 aliphatic rings. The lowest BCUT2D eigenvalue weighted by Gasteiger charge is -2.33. The van der Waals surface area contributed by atoms with Crippen molar-refractivity contribution in [1.29, 1.82) is 0 Å². The van der Waals surface area contributed by atoms with Gasteiger partial charge in [-0.05, 0) is 60.5 Å². The van der Waals surface area contributed by atoms with E-state index >= 15 is 0 Å². The summed E-state index contributed by atoms with van der Waals surface area (Å²) >= 11 is 3.29. The highest BCUT2D eigenvalue weighted by atomic mass is 79.9. The van der Waals surface area contributed by atoms with Gasteiger partial charge in [-0.2, -0.15) is 13.2 Å². The average Bonchev–Trinajstić information content (AvgIpc) is 2.98. The van der Waals surface area contributed by atoms with E-state index in [2.05, 4.69) is 45.4 Å². The number of carbonyl (C=O) groups is 1. The van der Waals surface area contributed by atoms with Crippen molar-refractivity contribution >= 4 is 33.1 Å². The molecule has 0 saturated heterocycles. The number of nitrogens with one attached hydrogen (secondary N) is 3. The zero-order valence-corrected chi connectivity index (χ0v) is 27.3. The number of halogens is 4. The number of alkyl halides is 3. The number of hydrogen-bond donors (Lipinski definition) is 3. The largest absolute Gasteiger partial charge is 0.416 e. The zero-order valence-electron chi connectivity index (χ0n) is 25.7. The van der Waals surface area contributed by atoms with Crippen molar-refractivity contribution in [1.82, 2.24) is 10.6 Å². The van der Waals surface area contributed by atoms with Crippen LogP contribution in [0, 0.1) is 5.92 Å². The summed E-state index contributed by atoms with van der Waals surface area (Å²) in [5.74, 6) is -0.167. The Kier molecular flexibility index (Phi) is 15.4. The van der Waals surface area contributed by atoms with Gasteiger partial charge in [-0.15, -0.1) is 0 Å². The van der Waals surface area contributed by atoms with Crippen LogP contribution in [0.4, 0.5) is 18.9 Å². The standard InChI is InChI=1S/C34H45BrF3N3O2/c1-7-15-23(4)33(43-31(39-6)22-27(35)21-26(9-3)34(36,37)38)41-30(16-8-2)32(42)40-29-20-14-13-19-28(29)24(5)25-17-11-10-12-18-25/h9-14,17-21,23,30-31,33,39,41H,5,7-8,15-16,22H2,1-4,6H3,(H,40,42)/b26-9+,27-21+. The van der Waals surface area contributed by atoms with E-state index in [0.29, 0.717) is 16.6 Å². The van der Waals surface area contributed by atoms with Gasteiger partial charge in [-0.3, -0.25) is 15.4 Å². The molecule has 0 aromatic heterocycles. The van der Waals surface area contributed by atoms with Crippen molar-refractivity contribution in [3.8, 4) is 0 Å². The van der Waals surface area contributed by atoms with Crippen molar-refractivity contribution in [3.05, 3.63) is 94.5 Å². The van der Waals surface area contributed by atoms with Crippen LogP contribution in [0.2, 0.25) is 0 Å². The number of rotatable bonds is 17. The lowest BCUT2D eigenvalue weighted by molar-refractivity contribution is -0.122. The van der Waals surface area contributed by atoms with E-state index < -0.39 is 30.2 Å². The molecular formula is C34H45BrF3N3O2. The number of amides is 1. The van der Waals surface area contributed by atoms with Crippen molar-refractivity contribution < 1.29 is 22.7 Å². The number of anilines is 1. The summed E-state index contributed by atoms with van der Waals surface area (Å²) in [7, 11) is 1.69. The van der Waals surface area contributed by atoms with Gasteiger partial charge in [-0.1, -0.05) is 111 Å². The third-order valence-electron chi connectivity index (χ3n) is 7.12. The zero-order chi connectivity index (χ0) is 32.0. The fraction of sp³-hybridized carbons (Fsp3) is 0.441. The van der Waals surface area contributed by atoms with Crippen molar-refractivity contribution in [2.24, 2.45) is 5.92 Å².